The summed E-state index contributed by atoms with van der Waals surface area (Å²) in [4.78, 5) is 38.1. The molecule has 0 aromatic carbocycles. The minimum atomic E-state index is -0.113. The lowest BCUT2D eigenvalue weighted by molar-refractivity contribution is 0.0717. The summed E-state index contributed by atoms with van der Waals surface area (Å²) in [6.07, 6.45) is 2.58. The van der Waals surface area contributed by atoms with Crippen LogP contribution in [-0.2, 0) is 6.42 Å². The van der Waals surface area contributed by atoms with Crippen LogP contribution in [0.25, 0.3) is 0 Å². The van der Waals surface area contributed by atoms with Gasteiger partial charge in [-0.1, -0.05) is 6.07 Å². The molecule has 3 aromatic heterocycles. The predicted octanol–water partition coefficient (Wildman–Crippen LogP) is 4.27. The van der Waals surface area contributed by atoms with Crippen molar-refractivity contribution in [3.63, 3.8) is 0 Å². The predicted molar refractivity (Wildman–Crippen MR) is 122 cm³/mol. The van der Waals surface area contributed by atoms with E-state index in [0.717, 1.165) is 39.8 Å². The monoisotopic (exact) mass is 460 g/mol. The van der Waals surface area contributed by atoms with Gasteiger partial charge >= 0.3 is 0 Å². The maximum Gasteiger partial charge on any atom is 0.270 e. The number of nitrogens with zero attached hydrogens (tertiary/aromatic N) is 3. The molecule has 2 amide bonds. The van der Waals surface area contributed by atoms with Crippen LogP contribution in [0.4, 0.5) is 0 Å². The zero-order valence-electron chi connectivity index (χ0n) is 17.0. The second kappa shape index (κ2) is 9.36. The number of thiophene rings is 1. The molecule has 4 heterocycles. The molecular weight excluding hydrogens is 436 g/mol. The molecule has 1 aliphatic rings. The number of piperidine rings is 1. The average molecular weight is 461 g/mol. The number of likely N-dealkylation sites (tertiary alicyclic amines) is 1. The Kier molecular flexibility index (Phi) is 6.60. The number of amides is 2. The van der Waals surface area contributed by atoms with Crippen LogP contribution in [0.15, 0.2) is 22.9 Å². The van der Waals surface area contributed by atoms with Gasteiger partial charge in [-0.2, -0.15) is 0 Å². The number of rotatable bonds is 6. The quantitative estimate of drug-likeness (QED) is 0.596. The third-order valence-corrected chi connectivity index (χ3v) is 8.23. The summed E-state index contributed by atoms with van der Waals surface area (Å²) in [6, 6.07) is 4.10. The van der Waals surface area contributed by atoms with Crippen molar-refractivity contribution in [2.75, 3.05) is 19.6 Å². The maximum atomic E-state index is 12.8. The van der Waals surface area contributed by atoms with Crippen molar-refractivity contribution in [3.05, 3.63) is 54.1 Å². The van der Waals surface area contributed by atoms with E-state index in [-0.39, 0.29) is 11.8 Å². The fourth-order valence-corrected chi connectivity index (χ4v) is 6.19. The number of hydrogen-bond acceptors (Lipinski definition) is 7. The molecule has 0 atom stereocenters. The van der Waals surface area contributed by atoms with Gasteiger partial charge in [0.2, 0.25) is 0 Å². The molecule has 0 spiro atoms. The Hall–Kier alpha value is -2.10. The first kappa shape index (κ1) is 21.1. The van der Waals surface area contributed by atoms with Gasteiger partial charge in [0.1, 0.15) is 10.6 Å². The minimum Gasteiger partial charge on any atom is -0.350 e. The van der Waals surface area contributed by atoms with Crippen LogP contribution in [0, 0.1) is 13.8 Å². The highest BCUT2D eigenvalue weighted by Gasteiger charge is 2.28. The van der Waals surface area contributed by atoms with Crippen LogP contribution in [0.5, 0.6) is 0 Å². The number of carbonyl (C=O) groups is 2. The molecule has 0 aliphatic carbocycles. The molecule has 1 aliphatic heterocycles. The molecule has 9 heteroatoms. The van der Waals surface area contributed by atoms with E-state index in [2.05, 4.69) is 21.4 Å². The van der Waals surface area contributed by atoms with Gasteiger partial charge in [-0.25, -0.2) is 9.97 Å². The van der Waals surface area contributed by atoms with Crippen molar-refractivity contribution in [1.82, 2.24) is 20.2 Å². The molecular formula is C21H24N4O2S3. The van der Waals surface area contributed by atoms with Crippen molar-refractivity contribution in [1.29, 1.82) is 0 Å². The molecule has 30 heavy (non-hydrogen) atoms. The van der Waals surface area contributed by atoms with Crippen LogP contribution >= 0.6 is 34.0 Å². The van der Waals surface area contributed by atoms with Gasteiger partial charge in [0, 0.05) is 35.8 Å². The van der Waals surface area contributed by atoms with E-state index in [1.165, 1.54) is 16.2 Å². The second-order valence-corrected chi connectivity index (χ2v) is 10.5. The summed E-state index contributed by atoms with van der Waals surface area (Å²) in [5.74, 6) is 0.273. The summed E-state index contributed by atoms with van der Waals surface area (Å²) in [7, 11) is 0. The smallest absolute Gasteiger partial charge is 0.270 e. The molecule has 0 saturated carbocycles. The van der Waals surface area contributed by atoms with Crippen LogP contribution < -0.4 is 5.32 Å². The van der Waals surface area contributed by atoms with Crippen LogP contribution in [0.2, 0.25) is 0 Å². The lowest BCUT2D eigenvalue weighted by atomic mass is 9.97. The van der Waals surface area contributed by atoms with Crippen LogP contribution in [0.3, 0.4) is 0 Å². The molecule has 0 unspecified atom stereocenters. The molecule has 1 saturated heterocycles. The van der Waals surface area contributed by atoms with Gasteiger partial charge < -0.3 is 10.2 Å². The molecule has 4 rings (SSSR count). The molecule has 0 radical (unpaired) electrons. The largest absolute Gasteiger partial charge is 0.350 e. The van der Waals surface area contributed by atoms with E-state index in [4.69, 9.17) is 0 Å². The first-order valence-electron chi connectivity index (χ1n) is 10.0. The Bertz CT molecular complexity index is 1020. The highest BCUT2D eigenvalue weighted by atomic mass is 32.1. The van der Waals surface area contributed by atoms with E-state index in [1.807, 2.05) is 35.6 Å². The number of aromatic nitrogens is 2. The van der Waals surface area contributed by atoms with E-state index < -0.39 is 0 Å². The first-order chi connectivity index (χ1) is 14.5. The molecule has 1 N–H and O–H groups in total. The molecule has 158 valence electrons. The van der Waals surface area contributed by atoms with Crippen molar-refractivity contribution in [2.24, 2.45) is 0 Å². The normalized spacial score (nSPS) is 14.8. The first-order valence-corrected chi connectivity index (χ1v) is 12.6. The standard InChI is InChI=1S/C21H24N4O2S3/c1-13-18(30-14(2)23-13)21(27)25-9-6-15(7-10-25)20-24-17(12-29-20)19(26)22-8-5-16-4-3-11-28-16/h3-4,11-12,15H,5-10H2,1-2H3,(H,22,26). The summed E-state index contributed by atoms with van der Waals surface area (Å²) >= 11 is 4.72. The zero-order valence-corrected chi connectivity index (χ0v) is 19.5. The Morgan fingerprint density at radius 1 is 1.20 bits per heavy atom. The van der Waals surface area contributed by atoms with Gasteiger partial charge in [0.25, 0.3) is 11.8 Å². The molecule has 0 bridgehead atoms. The summed E-state index contributed by atoms with van der Waals surface area (Å²) in [6.45, 7) is 5.86. The fraction of sp³-hybridized carbons (Fsp3) is 0.429. The van der Waals surface area contributed by atoms with Crippen molar-refractivity contribution in [3.8, 4) is 0 Å². The fourth-order valence-electron chi connectivity index (χ4n) is 3.63. The number of nitrogens with one attached hydrogen (secondary N) is 1. The lowest BCUT2D eigenvalue weighted by Crippen LogP contribution is -2.37. The topological polar surface area (TPSA) is 75.2 Å². The lowest BCUT2D eigenvalue weighted by Gasteiger charge is -2.30. The molecule has 3 aromatic rings. The van der Waals surface area contributed by atoms with Crippen molar-refractivity contribution >= 4 is 45.8 Å². The van der Waals surface area contributed by atoms with E-state index in [9.17, 15) is 9.59 Å². The average Bonchev–Trinajstić information content (AvgIpc) is 3.49. The Balaban J connectivity index is 1.29. The summed E-state index contributed by atoms with van der Waals surface area (Å²) in [5.41, 5.74) is 1.31. The number of hydrogen-bond donors (Lipinski definition) is 1. The van der Waals surface area contributed by atoms with Gasteiger partial charge in [0.15, 0.2) is 0 Å². The summed E-state index contributed by atoms with van der Waals surface area (Å²) in [5, 5.41) is 8.76. The maximum absolute atomic E-state index is 12.8. The molecule has 6 nitrogen and oxygen atoms in total. The highest BCUT2D eigenvalue weighted by molar-refractivity contribution is 7.13. The summed E-state index contributed by atoms with van der Waals surface area (Å²) < 4.78 is 0. The molecule has 1 fully saturated rings. The second-order valence-electron chi connectivity index (χ2n) is 7.37. The van der Waals surface area contributed by atoms with Crippen molar-refractivity contribution in [2.45, 2.75) is 39.0 Å². The Morgan fingerprint density at radius 3 is 2.67 bits per heavy atom. The van der Waals surface area contributed by atoms with Gasteiger partial charge in [-0.15, -0.1) is 34.0 Å². The third kappa shape index (κ3) is 4.79. The van der Waals surface area contributed by atoms with E-state index in [1.54, 1.807) is 22.7 Å². The highest BCUT2D eigenvalue weighted by Crippen LogP contribution is 2.31. The minimum absolute atomic E-state index is 0.0847. The SMILES string of the molecule is Cc1nc(C)c(C(=O)N2CCC(c3nc(C(=O)NCCc4cccs4)cs3)CC2)s1. The van der Waals surface area contributed by atoms with E-state index >= 15 is 0 Å². The number of carbonyl (C=O) groups excluding carboxylic acids is 2. The number of aryl methyl sites for hydroxylation is 2. The van der Waals surface area contributed by atoms with Gasteiger partial charge in [-0.3, -0.25) is 9.59 Å². The van der Waals surface area contributed by atoms with Gasteiger partial charge in [-0.05, 0) is 44.6 Å². The van der Waals surface area contributed by atoms with Crippen molar-refractivity contribution < 1.29 is 9.59 Å². The van der Waals surface area contributed by atoms with Crippen LogP contribution in [0.1, 0.15) is 59.5 Å². The van der Waals surface area contributed by atoms with E-state index in [0.29, 0.717) is 31.2 Å². The Morgan fingerprint density at radius 2 is 2.00 bits per heavy atom. The van der Waals surface area contributed by atoms with Crippen LogP contribution in [-0.4, -0.2) is 46.3 Å². The number of thiazole rings is 2. The Labute approximate surface area is 188 Å². The van der Waals surface area contributed by atoms with Gasteiger partial charge in [0.05, 0.1) is 15.7 Å². The third-order valence-electron chi connectivity index (χ3n) is 5.22. The zero-order chi connectivity index (χ0) is 21.1.